The summed E-state index contributed by atoms with van der Waals surface area (Å²) in [5.41, 5.74) is 0.278. The molecule has 8 heteroatoms. The molecule has 6 nitrogen and oxygen atoms in total. The summed E-state index contributed by atoms with van der Waals surface area (Å²) in [6, 6.07) is 5.52. The van der Waals surface area contributed by atoms with E-state index in [9.17, 15) is 13.6 Å². The van der Waals surface area contributed by atoms with E-state index in [0.717, 1.165) is 0 Å². The summed E-state index contributed by atoms with van der Waals surface area (Å²) in [5.74, 6) is -0.888. The molecule has 1 aromatic carbocycles. The highest BCUT2D eigenvalue weighted by Gasteiger charge is 2.29. The van der Waals surface area contributed by atoms with Gasteiger partial charge in [0.05, 0.1) is 18.8 Å². The quantitative estimate of drug-likeness (QED) is 0.775. The number of hydrogen-bond acceptors (Lipinski definition) is 4. The number of ether oxygens (including phenoxy) is 2. The van der Waals surface area contributed by atoms with Crippen molar-refractivity contribution in [2.75, 3.05) is 20.2 Å². The number of carbonyl (C=O) groups excluding carboxylic acids is 1. The van der Waals surface area contributed by atoms with Gasteiger partial charge in [0.2, 0.25) is 5.95 Å². The number of aromatic nitrogens is 2. The first-order valence-corrected chi connectivity index (χ1v) is 9.25. The van der Waals surface area contributed by atoms with Gasteiger partial charge >= 0.3 is 6.09 Å². The molecule has 1 aliphatic heterocycles. The van der Waals surface area contributed by atoms with E-state index in [-0.39, 0.29) is 17.9 Å². The van der Waals surface area contributed by atoms with Gasteiger partial charge in [-0.05, 0) is 51.8 Å². The topological polar surface area (TPSA) is 56.6 Å². The summed E-state index contributed by atoms with van der Waals surface area (Å²) in [4.78, 5) is 13.8. The summed E-state index contributed by atoms with van der Waals surface area (Å²) in [6.07, 6.45) is 0.768. The van der Waals surface area contributed by atoms with Crippen LogP contribution in [0.1, 0.15) is 39.7 Å². The molecule has 2 heterocycles. The van der Waals surface area contributed by atoms with Gasteiger partial charge in [-0.2, -0.15) is 9.49 Å². The fraction of sp³-hybridized carbons (Fsp3) is 0.500. The van der Waals surface area contributed by atoms with E-state index in [1.807, 2.05) is 20.8 Å². The highest BCUT2D eigenvalue weighted by molar-refractivity contribution is 5.68. The summed E-state index contributed by atoms with van der Waals surface area (Å²) in [5, 5.41) is 4.33. The normalized spacial score (nSPS) is 15.6. The van der Waals surface area contributed by atoms with Gasteiger partial charge in [0, 0.05) is 24.7 Å². The number of hydrogen-bond donors (Lipinski definition) is 0. The lowest BCUT2D eigenvalue weighted by molar-refractivity contribution is 0.0181. The smallest absolute Gasteiger partial charge is 0.410 e. The maximum Gasteiger partial charge on any atom is 0.410 e. The molecule has 1 amide bonds. The first kappa shape index (κ1) is 20.1. The van der Waals surface area contributed by atoms with Crippen molar-refractivity contribution in [1.29, 1.82) is 0 Å². The van der Waals surface area contributed by atoms with Crippen LogP contribution in [0.15, 0.2) is 24.3 Å². The fourth-order valence-corrected chi connectivity index (χ4v) is 3.21. The molecule has 0 aliphatic carbocycles. The van der Waals surface area contributed by atoms with Crippen molar-refractivity contribution in [2.24, 2.45) is 0 Å². The second-order valence-corrected chi connectivity index (χ2v) is 7.84. The third kappa shape index (κ3) is 4.43. The molecule has 0 unspecified atom stereocenters. The van der Waals surface area contributed by atoms with Gasteiger partial charge < -0.3 is 14.4 Å². The average Bonchev–Trinajstić information content (AvgIpc) is 3.02. The van der Waals surface area contributed by atoms with Crippen molar-refractivity contribution in [1.82, 2.24) is 14.7 Å². The van der Waals surface area contributed by atoms with Gasteiger partial charge in [-0.15, -0.1) is 0 Å². The molecule has 1 saturated heterocycles. The third-order valence-corrected chi connectivity index (χ3v) is 4.60. The predicted octanol–water partition coefficient (Wildman–Crippen LogP) is 4.41. The highest BCUT2D eigenvalue weighted by Crippen LogP contribution is 2.29. The Morgan fingerprint density at radius 1 is 1.18 bits per heavy atom. The Labute approximate surface area is 163 Å². The van der Waals surface area contributed by atoms with Crippen LogP contribution >= 0.6 is 0 Å². The van der Waals surface area contributed by atoms with E-state index in [1.165, 1.54) is 30.0 Å². The first-order valence-electron chi connectivity index (χ1n) is 9.25. The highest BCUT2D eigenvalue weighted by atomic mass is 19.1. The molecule has 0 saturated carbocycles. The lowest BCUT2D eigenvalue weighted by atomic mass is 10.1. The van der Waals surface area contributed by atoms with E-state index < -0.39 is 17.4 Å². The maximum atomic E-state index is 14.5. The minimum atomic E-state index is -0.551. The van der Waals surface area contributed by atoms with E-state index >= 15 is 0 Å². The lowest BCUT2D eigenvalue weighted by Gasteiger charge is -2.33. The Balaban J connectivity index is 1.69. The predicted molar refractivity (Wildman–Crippen MR) is 100 cm³/mol. The van der Waals surface area contributed by atoms with Gasteiger partial charge in [-0.3, -0.25) is 0 Å². The Morgan fingerprint density at radius 2 is 1.86 bits per heavy atom. The molecule has 1 fully saturated rings. The maximum absolute atomic E-state index is 14.5. The van der Waals surface area contributed by atoms with Crippen LogP contribution in [-0.2, 0) is 4.74 Å². The summed E-state index contributed by atoms with van der Waals surface area (Å²) in [6.45, 7) is 6.39. The number of methoxy groups -OCH3 is 1. The zero-order chi connectivity index (χ0) is 20.5. The average molecular weight is 393 g/mol. The first-order chi connectivity index (χ1) is 13.2. The monoisotopic (exact) mass is 393 g/mol. The van der Waals surface area contributed by atoms with Crippen molar-refractivity contribution in [3.05, 3.63) is 36.0 Å². The SMILES string of the molecule is COc1ccc(-c2cc(F)n(C3CCN(C(=O)OC(C)(C)C)CC3)n2)cc1F. The van der Waals surface area contributed by atoms with E-state index in [1.54, 1.807) is 11.0 Å². The number of halogens is 2. The fourth-order valence-electron chi connectivity index (χ4n) is 3.21. The molecule has 1 aliphatic rings. The number of nitrogens with zero attached hydrogens (tertiary/aromatic N) is 3. The molecular weight excluding hydrogens is 368 g/mol. The van der Waals surface area contributed by atoms with Crippen LogP contribution in [0.3, 0.4) is 0 Å². The molecule has 1 aromatic heterocycles. The van der Waals surface area contributed by atoms with Crippen molar-refractivity contribution in [3.63, 3.8) is 0 Å². The minimum absolute atomic E-state index is 0.123. The van der Waals surface area contributed by atoms with Gasteiger partial charge in [-0.1, -0.05) is 0 Å². The molecule has 0 bridgehead atoms. The Bertz CT molecular complexity index is 853. The summed E-state index contributed by atoms with van der Waals surface area (Å²) in [7, 11) is 1.39. The van der Waals surface area contributed by atoms with Crippen LogP contribution in [0.25, 0.3) is 11.3 Å². The number of carbonyl (C=O) groups is 1. The third-order valence-electron chi connectivity index (χ3n) is 4.60. The molecule has 152 valence electrons. The summed E-state index contributed by atoms with van der Waals surface area (Å²) < 4.78 is 40.0. The van der Waals surface area contributed by atoms with Gasteiger partial charge in [0.1, 0.15) is 5.60 Å². The number of likely N-dealkylation sites (tertiary alicyclic amines) is 1. The lowest BCUT2D eigenvalue weighted by Crippen LogP contribution is -2.42. The Morgan fingerprint density at radius 3 is 2.43 bits per heavy atom. The second kappa shape index (κ2) is 7.77. The zero-order valence-electron chi connectivity index (χ0n) is 16.5. The van der Waals surface area contributed by atoms with Crippen molar-refractivity contribution < 1.29 is 23.0 Å². The largest absolute Gasteiger partial charge is 0.494 e. The molecule has 0 radical (unpaired) electrons. The number of piperidine rings is 1. The number of benzene rings is 1. The van der Waals surface area contributed by atoms with E-state index in [0.29, 0.717) is 37.2 Å². The van der Waals surface area contributed by atoms with Crippen molar-refractivity contribution in [3.8, 4) is 17.0 Å². The van der Waals surface area contributed by atoms with Gasteiger partial charge in [0.15, 0.2) is 11.6 Å². The minimum Gasteiger partial charge on any atom is -0.494 e. The van der Waals surface area contributed by atoms with Gasteiger partial charge in [0.25, 0.3) is 0 Å². The van der Waals surface area contributed by atoms with E-state index in [2.05, 4.69) is 5.10 Å². The van der Waals surface area contributed by atoms with E-state index in [4.69, 9.17) is 9.47 Å². The number of rotatable bonds is 3. The zero-order valence-corrected chi connectivity index (χ0v) is 16.5. The van der Waals surface area contributed by atoms with Crippen molar-refractivity contribution in [2.45, 2.75) is 45.3 Å². The molecule has 0 N–H and O–H groups in total. The van der Waals surface area contributed by atoms with Crippen LogP contribution < -0.4 is 4.74 Å². The molecule has 3 rings (SSSR count). The second-order valence-electron chi connectivity index (χ2n) is 7.84. The molecule has 28 heavy (non-hydrogen) atoms. The van der Waals surface area contributed by atoms with Crippen LogP contribution in [-0.4, -0.2) is 46.6 Å². The van der Waals surface area contributed by atoms with Crippen LogP contribution in [0, 0.1) is 11.8 Å². The standard InChI is InChI=1S/C20H25F2N3O3/c1-20(2,3)28-19(26)24-9-7-14(8-10-24)25-18(22)12-16(23-25)13-5-6-17(27-4)15(21)11-13/h5-6,11-12,14H,7-10H2,1-4H3. The molecular formula is C20H25F2N3O3. The molecule has 0 atom stereocenters. The van der Waals surface area contributed by atoms with Crippen LogP contribution in [0.4, 0.5) is 13.6 Å². The Kier molecular flexibility index (Phi) is 5.58. The Hall–Kier alpha value is -2.64. The van der Waals surface area contributed by atoms with Crippen molar-refractivity contribution >= 4 is 6.09 Å². The summed E-state index contributed by atoms with van der Waals surface area (Å²) >= 11 is 0. The number of amides is 1. The molecule has 2 aromatic rings. The van der Waals surface area contributed by atoms with Gasteiger partial charge in [-0.25, -0.2) is 13.9 Å². The van der Waals surface area contributed by atoms with Crippen LogP contribution in [0.2, 0.25) is 0 Å². The molecule has 0 spiro atoms. The van der Waals surface area contributed by atoms with Crippen LogP contribution in [0.5, 0.6) is 5.75 Å².